The van der Waals surface area contributed by atoms with Crippen LogP contribution >= 0.6 is 11.3 Å². The molecule has 0 saturated carbocycles. The SMILES string of the molecule is CC(C)(C)[Si](C)(C)O[C@@H]1C(c2ccsc2)=C[C@]2(O[Si](C)(C)C(C)(C)C)C[C@H]1OC2=O. The zero-order chi connectivity index (χ0) is 22.8. The molecule has 1 saturated heterocycles. The minimum absolute atomic E-state index is 0.00495. The molecule has 1 aliphatic carbocycles. The molecule has 0 radical (unpaired) electrons. The van der Waals surface area contributed by atoms with Gasteiger partial charge in [0, 0.05) is 6.42 Å². The average Bonchev–Trinajstić information content (AvgIpc) is 3.16. The summed E-state index contributed by atoms with van der Waals surface area (Å²) >= 11 is 1.66. The number of fused-ring (bicyclic) bond motifs is 2. The summed E-state index contributed by atoms with van der Waals surface area (Å²) in [6, 6.07) is 2.10. The van der Waals surface area contributed by atoms with Crippen molar-refractivity contribution in [2.45, 2.75) is 102 Å². The lowest BCUT2D eigenvalue weighted by atomic mass is 9.83. The van der Waals surface area contributed by atoms with Crippen molar-refractivity contribution in [1.82, 2.24) is 0 Å². The van der Waals surface area contributed by atoms with E-state index in [1.165, 1.54) is 0 Å². The van der Waals surface area contributed by atoms with Crippen molar-refractivity contribution in [2.75, 3.05) is 0 Å². The van der Waals surface area contributed by atoms with E-state index in [1.54, 1.807) is 11.3 Å². The lowest BCUT2D eigenvalue weighted by Crippen LogP contribution is -2.53. The second-order valence-electron chi connectivity index (χ2n) is 11.8. The van der Waals surface area contributed by atoms with Gasteiger partial charge in [0.05, 0.1) is 0 Å². The molecule has 3 atom stereocenters. The summed E-state index contributed by atoms with van der Waals surface area (Å²) in [5, 5.41) is 4.27. The molecule has 3 rings (SSSR count). The highest BCUT2D eigenvalue weighted by molar-refractivity contribution is 7.08. The summed E-state index contributed by atoms with van der Waals surface area (Å²) in [6.45, 7) is 22.2. The Morgan fingerprint density at radius 2 is 1.67 bits per heavy atom. The van der Waals surface area contributed by atoms with Gasteiger partial charge in [-0.2, -0.15) is 11.3 Å². The fourth-order valence-corrected chi connectivity index (χ4v) is 6.89. The minimum Gasteiger partial charge on any atom is -0.457 e. The van der Waals surface area contributed by atoms with Gasteiger partial charge >= 0.3 is 5.97 Å². The summed E-state index contributed by atoms with van der Waals surface area (Å²) in [5.41, 5.74) is 1.15. The van der Waals surface area contributed by atoms with Crippen molar-refractivity contribution in [2.24, 2.45) is 0 Å². The molecule has 2 bridgehead atoms. The van der Waals surface area contributed by atoms with Crippen LogP contribution in [0.4, 0.5) is 0 Å². The fourth-order valence-electron chi connectivity index (χ4n) is 3.51. The Labute approximate surface area is 188 Å². The smallest absolute Gasteiger partial charge is 0.341 e. The summed E-state index contributed by atoms with van der Waals surface area (Å²) in [4.78, 5) is 13.2. The van der Waals surface area contributed by atoms with Crippen LogP contribution in [0.3, 0.4) is 0 Å². The van der Waals surface area contributed by atoms with Gasteiger partial charge in [0.1, 0.15) is 12.2 Å². The monoisotopic (exact) mass is 466 g/mol. The van der Waals surface area contributed by atoms with Gasteiger partial charge in [-0.3, -0.25) is 0 Å². The van der Waals surface area contributed by atoms with Gasteiger partial charge in [0.2, 0.25) is 0 Å². The van der Waals surface area contributed by atoms with Crippen LogP contribution < -0.4 is 0 Å². The second-order valence-corrected chi connectivity index (χ2v) is 22.1. The molecule has 2 heterocycles. The molecule has 0 spiro atoms. The van der Waals surface area contributed by atoms with Crippen LogP contribution in [0.1, 0.15) is 53.5 Å². The first-order chi connectivity index (χ1) is 13.5. The van der Waals surface area contributed by atoms with Crippen LogP contribution in [0.25, 0.3) is 5.57 Å². The maximum atomic E-state index is 13.2. The van der Waals surface area contributed by atoms with Gasteiger partial charge in [-0.05, 0) is 70.3 Å². The topological polar surface area (TPSA) is 44.8 Å². The van der Waals surface area contributed by atoms with E-state index in [0.29, 0.717) is 6.42 Å². The molecule has 0 aromatic carbocycles. The summed E-state index contributed by atoms with van der Waals surface area (Å²) in [7, 11) is -4.26. The molecular formula is C23H38O4SSi2. The van der Waals surface area contributed by atoms with Crippen molar-refractivity contribution in [3.63, 3.8) is 0 Å². The highest BCUT2D eigenvalue weighted by atomic mass is 32.1. The van der Waals surface area contributed by atoms with E-state index < -0.39 is 22.2 Å². The Hall–Kier alpha value is -0.736. The number of esters is 1. The van der Waals surface area contributed by atoms with Gasteiger partial charge in [-0.25, -0.2) is 4.79 Å². The number of carbonyl (C=O) groups is 1. The van der Waals surface area contributed by atoms with E-state index >= 15 is 0 Å². The van der Waals surface area contributed by atoms with Gasteiger partial charge < -0.3 is 13.6 Å². The van der Waals surface area contributed by atoms with Crippen LogP contribution in [0.2, 0.25) is 36.3 Å². The van der Waals surface area contributed by atoms with Crippen LogP contribution in [-0.4, -0.2) is 40.4 Å². The number of carbonyl (C=O) groups excluding carboxylic acids is 1. The lowest BCUT2D eigenvalue weighted by Gasteiger charge is -2.45. The van der Waals surface area contributed by atoms with Gasteiger partial charge in [-0.15, -0.1) is 0 Å². The predicted octanol–water partition coefficient (Wildman–Crippen LogP) is 6.61. The number of ether oxygens (including phenoxy) is 1. The van der Waals surface area contributed by atoms with Gasteiger partial charge in [0.15, 0.2) is 22.2 Å². The van der Waals surface area contributed by atoms with E-state index in [9.17, 15) is 4.79 Å². The molecule has 1 fully saturated rings. The molecule has 0 N–H and O–H groups in total. The minimum atomic E-state index is -2.19. The molecule has 1 aromatic heterocycles. The summed E-state index contributed by atoms with van der Waals surface area (Å²) < 4.78 is 19.6. The maximum Gasteiger partial charge on any atom is 0.341 e. The van der Waals surface area contributed by atoms with E-state index in [2.05, 4.69) is 84.6 Å². The van der Waals surface area contributed by atoms with Gasteiger partial charge in [0.25, 0.3) is 0 Å². The van der Waals surface area contributed by atoms with Crippen molar-refractivity contribution >= 4 is 39.5 Å². The van der Waals surface area contributed by atoms with Crippen LogP contribution in [0.15, 0.2) is 22.9 Å². The maximum absolute atomic E-state index is 13.2. The molecule has 1 aromatic rings. The Bertz CT molecular complexity index is 830. The number of thiophene rings is 1. The molecule has 168 valence electrons. The summed E-state index contributed by atoms with van der Waals surface area (Å²) in [5.74, 6) is -0.258. The Balaban J connectivity index is 2.07. The quantitative estimate of drug-likeness (QED) is 0.362. The van der Waals surface area contributed by atoms with Gasteiger partial charge in [-0.1, -0.05) is 41.5 Å². The normalized spacial score (nSPS) is 27.8. The summed E-state index contributed by atoms with van der Waals surface area (Å²) in [6.07, 6.45) is 2.02. The van der Waals surface area contributed by atoms with Crippen LogP contribution in [0.5, 0.6) is 0 Å². The largest absolute Gasteiger partial charge is 0.457 e. The zero-order valence-corrected chi connectivity index (χ0v) is 23.0. The molecule has 7 heteroatoms. The molecule has 0 unspecified atom stereocenters. The van der Waals surface area contributed by atoms with Crippen molar-refractivity contribution in [3.05, 3.63) is 28.5 Å². The molecule has 30 heavy (non-hydrogen) atoms. The Kier molecular flexibility index (Phi) is 5.90. The third-order valence-electron chi connectivity index (χ3n) is 7.47. The average molecular weight is 467 g/mol. The Morgan fingerprint density at radius 3 is 2.17 bits per heavy atom. The highest BCUT2D eigenvalue weighted by Crippen LogP contribution is 2.50. The van der Waals surface area contributed by atoms with Crippen molar-refractivity contribution in [3.8, 4) is 0 Å². The first-order valence-electron chi connectivity index (χ1n) is 10.8. The van der Waals surface area contributed by atoms with Crippen LogP contribution in [0, 0.1) is 0 Å². The van der Waals surface area contributed by atoms with Crippen molar-refractivity contribution < 1.29 is 18.4 Å². The second kappa shape index (κ2) is 7.41. The zero-order valence-electron chi connectivity index (χ0n) is 20.2. The first kappa shape index (κ1) is 23.9. The van der Waals surface area contributed by atoms with E-state index in [0.717, 1.165) is 11.1 Å². The molecule has 0 amide bonds. The third-order valence-corrected chi connectivity index (χ3v) is 17.1. The van der Waals surface area contributed by atoms with E-state index in [4.69, 9.17) is 13.6 Å². The first-order valence-corrected chi connectivity index (χ1v) is 17.6. The standard InChI is InChI=1S/C23H38O4SSi2/c1-21(2,3)29(7,8)26-19-17(16-11-12-28-15-16)13-23(14-18(19)25-20(23)24)27-30(9,10)22(4,5)6/h11-13,15,18-19H,14H2,1-10H3/t18-,19-,23+/m1/s1. The van der Waals surface area contributed by atoms with E-state index in [1.807, 2.05) is 6.08 Å². The molecular weight excluding hydrogens is 428 g/mol. The van der Waals surface area contributed by atoms with Crippen molar-refractivity contribution in [1.29, 1.82) is 0 Å². The Morgan fingerprint density at radius 1 is 1.07 bits per heavy atom. The highest BCUT2D eigenvalue weighted by Gasteiger charge is 2.60. The molecule has 1 aliphatic heterocycles. The lowest BCUT2D eigenvalue weighted by molar-refractivity contribution is -0.151. The third kappa shape index (κ3) is 4.16. The predicted molar refractivity (Wildman–Crippen MR) is 130 cm³/mol. The van der Waals surface area contributed by atoms with E-state index in [-0.39, 0.29) is 28.3 Å². The number of rotatable bonds is 5. The number of hydrogen-bond acceptors (Lipinski definition) is 5. The molecule has 2 aliphatic rings. The van der Waals surface area contributed by atoms with Crippen LogP contribution in [-0.2, 0) is 18.4 Å². The number of hydrogen-bond donors (Lipinski definition) is 0. The fraction of sp³-hybridized carbons (Fsp3) is 0.696. The molecule has 4 nitrogen and oxygen atoms in total.